The van der Waals surface area contributed by atoms with Crippen molar-refractivity contribution >= 4 is 5.69 Å². The maximum atomic E-state index is 8.85. The van der Waals surface area contributed by atoms with Crippen molar-refractivity contribution in [2.75, 3.05) is 18.0 Å². The van der Waals surface area contributed by atoms with E-state index in [0.717, 1.165) is 37.4 Å². The summed E-state index contributed by atoms with van der Waals surface area (Å²) in [5, 5.41) is 17.4. The second kappa shape index (κ2) is 5.41. The fourth-order valence-corrected chi connectivity index (χ4v) is 3.24. The van der Waals surface area contributed by atoms with Crippen LogP contribution < -0.4 is 4.90 Å². The standard InChI is InChI=1S/C16H18N6/c17-8-13-3-4-15(9-18-13)21-7-1-2-12(10-21)16-20-19-11-22(16)14-5-6-14/h3-4,9,11-12,14H,1-2,5-7,10H2/t12-/m0/s1. The van der Waals surface area contributed by atoms with Crippen LogP contribution in [-0.4, -0.2) is 32.8 Å². The maximum absolute atomic E-state index is 8.85. The molecule has 0 bridgehead atoms. The highest BCUT2D eigenvalue weighted by Gasteiger charge is 2.31. The Labute approximate surface area is 129 Å². The van der Waals surface area contributed by atoms with Crippen LogP contribution in [0.25, 0.3) is 0 Å². The predicted octanol–water partition coefficient (Wildman–Crippen LogP) is 2.26. The van der Waals surface area contributed by atoms with Crippen molar-refractivity contribution < 1.29 is 0 Å². The molecule has 0 amide bonds. The lowest BCUT2D eigenvalue weighted by Crippen LogP contribution is -2.35. The molecule has 0 unspecified atom stereocenters. The smallest absolute Gasteiger partial charge is 0.140 e. The van der Waals surface area contributed by atoms with E-state index in [4.69, 9.17) is 5.26 Å². The number of aromatic nitrogens is 4. The van der Waals surface area contributed by atoms with E-state index in [1.54, 1.807) is 12.3 Å². The summed E-state index contributed by atoms with van der Waals surface area (Å²) in [4.78, 5) is 6.52. The molecular weight excluding hydrogens is 276 g/mol. The highest BCUT2D eigenvalue weighted by atomic mass is 15.3. The molecule has 0 aromatic carbocycles. The fourth-order valence-electron chi connectivity index (χ4n) is 3.24. The van der Waals surface area contributed by atoms with Gasteiger partial charge in [-0.15, -0.1) is 10.2 Å². The molecule has 2 aromatic heterocycles. The van der Waals surface area contributed by atoms with E-state index in [2.05, 4.69) is 30.7 Å². The first kappa shape index (κ1) is 13.3. The Balaban J connectivity index is 1.53. The van der Waals surface area contributed by atoms with Crippen molar-refractivity contribution in [3.63, 3.8) is 0 Å². The van der Waals surface area contributed by atoms with Gasteiger partial charge in [-0.1, -0.05) is 0 Å². The molecule has 1 atom stereocenters. The number of piperidine rings is 1. The molecule has 1 aliphatic carbocycles. The van der Waals surface area contributed by atoms with Crippen LogP contribution in [0.5, 0.6) is 0 Å². The van der Waals surface area contributed by atoms with Gasteiger partial charge in [0.1, 0.15) is 23.9 Å². The Hall–Kier alpha value is -2.42. The molecule has 0 spiro atoms. The molecule has 1 saturated carbocycles. The molecular formula is C16H18N6. The van der Waals surface area contributed by atoms with E-state index in [9.17, 15) is 0 Å². The fraction of sp³-hybridized carbons (Fsp3) is 0.500. The summed E-state index contributed by atoms with van der Waals surface area (Å²) in [6.45, 7) is 1.97. The lowest BCUT2D eigenvalue weighted by Gasteiger charge is -2.33. The number of nitriles is 1. The predicted molar refractivity (Wildman–Crippen MR) is 81.4 cm³/mol. The Morgan fingerprint density at radius 3 is 2.86 bits per heavy atom. The minimum absolute atomic E-state index is 0.424. The van der Waals surface area contributed by atoms with Crippen LogP contribution in [0.3, 0.4) is 0 Å². The van der Waals surface area contributed by atoms with Crippen molar-refractivity contribution in [1.82, 2.24) is 19.7 Å². The van der Waals surface area contributed by atoms with Gasteiger partial charge >= 0.3 is 0 Å². The largest absolute Gasteiger partial charge is 0.370 e. The van der Waals surface area contributed by atoms with Gasteiger partial charge in [0.05, 0.1) is 11.9 Å². The molecule has 112 valence electrons. The van der Waals surface area contributed by atoms with Crippen molar-refractivity contribution in [2.45, 2.75) is 37.6 Å². The van der Waals surface area contributed by atoms with Gasteiger partial charge in [0, 0.05) is 25.0 Å². The third-order valence-electron chi connectivity index (χ3n) is 4.56. The first-order chi connectivity index (χ1) is 10.8. The van der Waals surface area contributed by atoms with E-state index in [-0.39, 0.29) is 0 Å². The zero-order valence-electron chi connectivity index (χ0n) is 12.4. The summed E-state index contributed by atoms with van der Waals surface area (Å²) < 4.78 is 2.27. The summed E-state index contributed by atoms with van der Waals surface area (Å²) in [5.41, 5.74) is 1.55. The summed E-state index contributed by atoms with van der Waals surface area (Å²) in [6.07, 6.45) is 8.48. The second-order valence-corrected chi connectivity index (χ2v) is 6.13. The molecule has 4 rings (SSSR count). The highest BCUT2D eigenvalue weighted by molar-refractivity contribution is 5.46. The Morgan fingerprint density at radius 2 is 2.14 bits per heavy atom. The SMILES string of the molecule is N#Cc1ccc(N2CCC[C@H](c3nncn3C3CC3)C2)cn1. The lowest BCUT2D eigenvalue weighted by atomic mass is 9.96. The molecule has 0 radical (unpaired) electrons. The zero-order valence-corrected chi connectivity index (χ0v) is 12.4. The monoisotopic (exact) mass is 294 g/mol. The topological polar surface area (TPSA) is 70.6 Å². The zero-order chi connectivity index (χ0) is 14.9. The van der Waals surface area contributed by atoms with E-state index < -0.39 is 0 Å². The van der Waals surface area contributed by atoms with Crippen molar-refractivity contribution in [1.29, 1.82) is 5.26 Å². The number of rotatable bonds is 3. The molecule has 6 nitrogen and oxygen atoms in total. The molecule has 0 N–H and O–H groups in total. The number of anilines is 1. The van der Waals surface area contributed by atoms with Gasteiger partial charge in [-0.3, -0.25) is 0 Å². The van der Waals surface area contributed by atoms with Crippen LogP contribution in [-0.2, 0) is 0 Å². The van der Waals surface area contributed by atoms with Crippen LogP contribution in [0, 0.1) is 11.3 Å². The normalized spacial score (nSPS) is 21.6. The van der Waals surface area contributed by atoms with Gasteiger partial charge in [-0.25, -0.2) is 4.98 Å². The van der Waals surface area contributed by atoms with E-state index in [0.29, 0.717) is 17.7 Å². The number of hydrogen-bond acceptors (Lipinski definition) is 5. The average molecular weight is 294 g/mol. The molecule has 2 aromatic rings. The maximum Gasteiger partial charge on any atom is 0.140 e. The average Bonchev–Trinajstić information content (AvgIpc) is 3.32. The van der Waals surface area contributed by atoms with Crippen molar-refractivity contribution in [2.24, 2.45) is 0 Å². The quantitative estimate of drug-likeness (QED) is 0.868. The molecule has 3 heterocycles. The summed E-state index contributed by atoms with van der Waals surface area (Å²) in [5.74, 6) is 1.56. The number of hydrogen-bond donors (Lipinski definition) is 0. The second-order valence-electron chi connectivity index (χ2n) is 6.13. The number of nitrogens with zero attached hydrogens (tertiary/aromatic N) is 6. The van der Waals surface area contributed by atoms with Crippen LogP contribution >= 0.6 is 0 Å². The van der Waals surface area contributed by atoms with Gasteiger partial charge in [-0.05, 0) is 37.8 Å². The van der Waals surface area contributed by atoms with E-state index >= 15 is 0 Å². The van der Waals surface area contributed by atoms with Crippen LogP contribution in [0.15, 0.2) is 24.7 Å². The van der Waals surface area contributed by atoms with Crippen LogP contribution in [0.2, 0.25) is 0 Å². The van der Waals surface area contributed by atoms with Gasteiger partial charge < -0.3 is 9.47 Å². The first-order valence-corrected chi connectivity index (χ1v) is 7.85. The molecule has 6 heteroatoms. The summed E-state index contributed by atoms with van der Waals surface area (Å²) in [7, 11) is 0. The van der Waals surface area contributed by atoms with Gasteiger partial charge in [0.15, 0.2) is 0 Å². The molecule has 2 aliphatic rings. The summed E-state index contributed by atoms with van der Waals surface area (Å²) >= 11 is 0. The lowest BCUT2D eigenvalue weighted by molar-refractivity contribution is 0.471. The van der Waals surface area contributed by atoms with Crippen LogP contribution in [0.1, 0.15) is 49.2 Å². The Morgan fingerprint density at radius 1 is 1.23 bits per heavy atom. The highest BCUT2D eigenvalue weighted by Crippen LogP contribution is 2.38. The van der Waals surface area contributed by atoms with E-state index in [1.165, 1.54) is 12.8 Å². The van der Waals surface area contributed by atoms with Gasteiger partial charge in [0.25, 0.3) is 0 Å². The first-order valence-electron chi connectivity index (χ1n) is 7.85. The summed E-state index contributed by atoms with van der Waals surface area (Å²) in [6, 6.07) is 6.46. The molecule has 22 heavy (non-hydrogen) atoms. The van der Waals surface area contributed by atoms with E-state index in [1.807, 2.05) is 12.4 Å². The third kappa shape index (κ3) is 2.43. The molecule has 2 fully saturated rings. The minimum atomic E-state index is 0.424. The Bertz CT molecular complexity index is 694. The van der Waals surface area contributed by atoms with Crippen molar-refractivity contribution in [3.05, 3.63) is 36.2 Å². The van der Waals surface area contributed by atoms with Gasteiger partial charge in [0.2, 0.25) is 0 Å². The van der Waals surface area contributed by atoms with Gasteiger partial charge in [-0.2, -0.15) is 5.26 Å². The van der Waals surface area contributed by atoms with Crippen molar-refractivity contribution in [3.8, 4) is 6.07 Å². The minimum Gasteiger partial charge on any atom is -0.370 e. The molecule has 1 saturated heterocycles. The number of pyridine rings is 1. The van der Waals surface area contributed by atoms with Crippen LogP contribution in [0.4, 0.5) is 5.69 Å². The Kier molecular flexibility index (Phi) is 3.26. The third-order valence-corrected chi connectivity index (χ3v) is 4.56. The molecule has 1 aliphatic heterocycles.